The number of halogens is 2. The molecule has 0 spiro atoms. The number of benzene rings is 2. The number of pyridine rings is 1. The van der Waals surface area contributed by atoms with Gasteiger partial charge in [-0.05, 0) is 23.3 Å². The largest absolute Gasteiger partial charge is 0.256 e. The minimum Gasteiger partial charge on any atom is -0.256 e. The van der Waals surface area contributed by atoms with E-state index in [1.807, 2.05) is 24.4 Å². The van der Waals surface area contributed by atoms with Crippen LogP contribution in [-0.4, -0.2) is 4.98 Å². The topological polar surface area (TPSA) is 12.9 Å². The van der Waals surface area contributed by atoms with Gasteiger partial charge in [-0.1, -0.05) is 48.5 Å². The molecule has 0 bridgehead atoms. The van der Waals surface area contributed by atoms with Crippen molar-refractivity contribution in [2.24, 2.45) is 0 Å². The first kappa shape index (κ1) is 14.5. The van der Waals surface area contributed by atoms with E-state index in [2.05, 4.69) is 47.4 Å². The highest BCUT2D eigenvalue weighted by atomic mass is 35.5. The van der Waals surface area contributed by atoms with E-state index >= 15 is 0 Å². The van der Waals surface area contributed by atoms with Crippen LogP contribution in [-0.2, 0) is 0 Å². The zero-order valence-electron chi connectivity index (χ0n) is 9.61. The molecule has 0 amide bonds. The lowest BCUT2D eigenvalue weighted by Crippen LogP contribution is -1.83. The lowest BCUT2D eigenvalue weighted by atomic mass is 10.0. The Morgan fingerprint density at radius 3 is 2.11 bits per heavy atom. The van der Waals surface area contributed by atoms with Crippen LogP contribution in [0.4, 0.5) is 0 Å². The van der Waals surface area contributed by atoms with Gasteiger partial charge in [-0.25, -0.2) is 0 Å². The molecule has 0 fully saturated rings. The van der Waals surface area contributed by atoms with Crippen molar-refractivity contribution >= 4 is 35.7 Å². The smallest absolute Gasteiger partial charge is 0.0708 e. The summed E-state index contributed by atoms with van der Waals surface area (Å²) in [5, 5.41) is 1.20. The number of para-hydroxylation sites is 1. The van der Waals surface area contributed by atoms with Gasteiger partial charge in [-0.2, -0.15) is 0 Å². The summed E-state index contributed by atoms with van der Waals surface area (Å²) in [4.78, 5) is 4.37. The maximum absolute atomic E-state index is 4.37. The van der Waals surface area contributed by atoms with E-state index in [-0.39, 0.29) is 24.8 Å². The Balaban J connectivity index is 0.000000810. The summed E-state index contributed by atoms with van der Waals surface area (Å²) < 4.78 is 0. The number of rotatable bonds is 1. The summed E-state index contributed by atoms with van der Waals surface area (Å²) >= 11 is 0. The minimum atomic E-state index is 0. The fourth-order valence-electron chi connectivity index (χ4n) is 1.97. The third kappa shape index (κ3) is 2.63. The van der Waals surface area contributed by atoms with E-state index in [0.717, 1.165) is 5.52 Å². The van der Waals surface area contributed by atoms with Crippen molar-refractivity contribution in [3.8, 4) is 11.1 Å². The van der Waals surface area contributed by atoms with Gasteiger partial charge >= 0.3 is 0 Å². The molecule has 1 nitrogen and oxygen atoms in total. The highest BCUT2D eigenvalue weighted by molar-refractivity contribution is 5.94. The maximum atomic E-state index is 4.37. The van der Waals surface area contributed by atoms with E-state index in [9.17, 15) is 0 Å². The molecule has 3 heteroatoms. The van der Waals surface area contributed by atoms with E-state index < -0.39 is 0 Å². The molecule has 1 heterocycles. The average molecular weight is 278 g/mol. The van der Waals surface area contributed by atoms with Gasteiger partial charge in [0.2, 0.25) is 0 Å². The lowest BCUT2D eigenvalue weighted by molar-refractivity contribution is 1.41. The van der Waals surface area contributed by atoms with Crippen LogP contribution in [0.5, 0.6) is 0 Å². The van der Waals surface area contributed by atoms with Crippen molar-refractivity contribution in [2.45, 2.75) is 0 Å². The maximum Gasteiger partial charge on any atom is 0.0708 e. The van der Waals surface area contributed by atoms with E-state index in [1.54, 1.807) is 0 Å². The molecule has 0 radical (unpaired) electrons. The van der Waals surface area contributed by atoms with Crippen LogP contribution < -0.4 is 0 Å². The number of fused-ring (bicyclic) bond motifs is 1. The quantitative estimate of drug-likeness (QED) is 0.626. The van der Waals surface area contributed by atoms with Crippen LogP contribution in [0.3, 0.4) is 0 Å². The zero-order chi connectivity index (χ0) is 10.8. The molecule has 2 aromatic carbocycles. The van der Waals surface area contributed by atoms with Crippen LogP contribution in [0, 0.1) is 0 Å². The third-order valence-corrected chi connectivity index (χ3v) is 2.73. The zero-order valence-corrected chi connectivity index (χ0v) is 11.2. The van der Waals surface area contributed by atoms with Gasteiger partial charge in [0.1, 0.15) is 0 Å². The summed E-state index contributed by atoms with van der Waals surface area (Å²) in [6.07, 6.45) is 1.87. The molecule has 0 N–H and O–H groups in total. The van der Waals surface area contributed by atoms with Crippen LogP contribution in [0.25, 0.3) is 22.0 Å². The Labute approximate surface area is 119 Å². The molecule has 0 aliphatic carbocycles. The first-order valence-electron chi connectivity index (χ1n) is 5.34. The molecule has 3 rings (SSSR count). The number of hydrogen-bond acceptors (Lipinski definition) is 1. The molecule has 0 saturated carbocycles. The SMILES string of the molecule is Cl.Cl.c1ccc(-c2ccnc3ccccc23)cc1. The Kier molecular flexibility index (Phi) is 5.14. The summed E-state index contributed by atoms with van der Waals surface area (Å²) in [6, 6.07) is 20.7. The van der Waals surface area contributed by atoms with Gasteiger partial charge in [0, 0.05) is 11.6 Å². The first-order chi connectivity index (χ1) is 7.95. The second-order valence-electron chi connectivity index (χ2n) is 3.74. The summed E-state index contributed by atoms with van der Waals surface area (Å²) in [5.41, 5.74) is 3.52. The normalized spacial score (nSPS) is 9.33. The van der Waals surface area contributed by atoms with Gasteiger partial charge in [0.25, 0.3) is 0 Å². The van der Waals surface area contributed by atoms with Crippen LogP contribution in [0.15, 0.2) is 66.9 Å². The Morgan fingerprint density at radius 2 is 1.33 bits per heavy atom. The van der Waals surface area contributed by atoms with Gasteiger partial charge < -0.3 is 0 Å². The molecule has 1 aromatic heterocycles. The van der Waals surface area contributed by atoms with Gasteiger partial charge in [-0.15, -0.1) is 24.8 Å². The van der Waals surface area contributed by atoms with Gasteiger partial charge in [0.15, 0.2) is 0 Å². The Hall–Kier alpha value is -1.57. The predicted molar refractivity (Wildman–Crippen MR) is 81.7 cm³/mol. The van der Waals surface area contributed by atoms with Crippen LogP contribution >= 0.6 is 24.8 Å². The second kappa shape index (κ2) is 6.39. The third-order valence-electron chi connectivity index (χ3n) is 2.73. The fraction of sp³-hybridized carbons (Fsp3) is 0. The van der Waals surface area contributed by atoms with Gasteiger partial charge in [0.05, 0.1) is 5.52 Å². The fourth-order valence-corrected chi connectivity index (χ4v) is 1.97. The van der Waals surface area contributed by atoms with E-state index in [4.69, 9.17) is 0 Å². The number of aromatic nitrogens is 1. The standard InChI is InChI=1S/C15H11N.2ClH/c1-2-6-12(7-3-1)13-10-11-16-15-9-5-4-8-14(13)15;;/h1-11H;2*1H. The molecule has 3 aromatic rings. The molecule has 92 valence electrons. The molecule has 0 atom stereocenters. The molecule has 0 saturated heterocycles. The van der Waals surface area contributed by atoms with Crippen molar-refractivity contribution in [2.75, 3.05) is 0 Å². The van der Waals surface area contributed by atoms with E-state index in [0.29, 0.717) is 0 Å². The van der Waals surface area contributed by atoms with Crippen molar-refractivity contribution in [3.05, 3.63) is 66.9 Å². The monoisotopic (exact) mass is 277 g/mol. The van der Waals surface area contributed by atoms with Crippen molar-refractivity contribution in [1.29, 1.82) is 0 Å². The Bertz CT molecular complexity index is 618. The minimum absolute atomic E-state index is 0. The van der Waals surface area contributed by atoms with Crippen molar-refractivity contribution in [1.82, 2.24) is 4.98 Å². The number of hydrogen-bond donors (Lipinski definition) is 0. The average Bonchev–Trinajstić information content (AvgIpc) is 2.39. The van der Waals surface area contributed by atoms with E-state index in [1.165, 1.54) is 16.5 Å². The molecule has 18 heavy (non-hydrogen) atoms. The lowest BCUT2D eigenvalue weighted by Gasteiger charge is -2.05. The summed E-state index contributed by atoms with van der Waals surface area (Å²) in [6.45, 7) is 0. The molecule has 0 aliphatic heterocycles. The Morgan fingerprint density at radius 1 is 0.667 bits per heavy atom. The summed E-state index contributed by atoms with van der Waals surface area (Å²) in [5.74, 6) is 0. The predicted octanol–water partition coefficient (Wildman–Crippen LogP) is 4.75. The van der Waals surface area contributed by atoms with Crippen molar-refractivity contribution < 1.29 is 0 Å². The highest BCUT2D eigenvalue weighted by Crippen LogP contribution is 2.26. The van der Waals surface area contributed by atoms with Crippen LogP contribution in [0.1, 0.15) is 0 Å². The molecular weight excluding hydrogens is 265 g/mol. The molecule has 0 unspecified atom stereocenters. The molecule has 0 aliphatic rings. The highest BCUT2D eigenvalue weighted by Gasteiger charge is 2.02. The second-order valence-corrected chi connectivity index (χ2v) is 3.74. The number of nitrogens with zero attached hydrogens (tertiary/aromatic N) is 1. The van der Waals surface area contributed by atoms with Crippen molar-refractivity contribution in [3.63, 3.8) is 0 Å². The summed E-state index contributed by atoms with van der Waals surface area (Å²) in [7, 11) is 0. The van der Waals surface area contributed by atoms with Crippen LogP contribution in [0.2, 0.25) is 0 Å². The first-order valence-corrected chi connectivity index (χ1v) is 5.34. The molecular formula is C15H13Cl2N. The van der Waals surface area contributed by atoms with Gasteiger partial charge in [-0.3, -0.25) is 4.98 Å².